The van der Waals surface area contributed by atoms with Gasteiger partial charge in [0.1, 0.15) is 5.82 Å². The van der Waals surface area contributed by atoms with Gasteiger partial charge in [-0.1, -0.05) is 30.3 Å². The minimum Gasteiger partial charge on any atom is -0.325 e. The molecule has 0 saturated heterocycles. The van der Waals surface area contributed by atoms with E-state index in [9.17, 15) is 9.59 Å². The molecule has 0 aliphatic carbocycles. The third-order valence-corrected chi connectivity index (χ3v) is 5.66. The van der Waals surface area contributed by atoms with E-state index in [-0.39, 0.29) is 11.8 Å². The monoisotopic (exact) mass is 389 g/mol. The van der Waals surface area contributed by atoms with Crippen molar-refractivity contribution in [1.82, 2.24) is 4.98 Å². The van der Waals surface area contributed by atoms with Crippen molar-refractivity contribution in [2.45, 2.75) is 20.3 Å². The van der Waals surface area contributed by atoms with Gasteiger partial charge in [-0.2, -0.15) is 0 Å². The first kappa shape index (κ1) is 18.1. The Labute approximate surface area is 167 Å². The van der Waals surface area contributed by atoms with E-state index in [2.05, 4.69) is 40.7 Å². The second-order valence-corrected chi connectivity index (χ2v) is 7.90. The van der Waals surface area contributed by atoms with Gasteiger partial charge in [0.05, 0.1) is 17.5 Å². The van der Waals surface area contributed by atoms with Crippen LogP contribution >= 0.6 is 11.3 Å². The predicted octanol–water partition coefficient (Wildman–Crippen LogP) is 4.49. The first-order valence-corrected chi connectivity index (χ1v) is 9.75. The fourth-order valence-corrected chi connectivity index (χ4v) is 4.36. The van der Waals surface area contributed by atoms with Gasteiger partial charge in [-0.3, -0.25) is 9.59 Å². The number of carbonyl (C=O) groups excluding carboxylic acids is 2. The number of benzene rings is 1. The molecule has 2 aromatic heterocycles. The molecule has 1 aliphatic rings. The summed E-state index contributed by atoms with van der Waals surface area (Å²) in [6, 6.07) is 14.3. The molecule has 0 spiro atoms. The van der Waals surface area contributed by atoms with E-state index >= 15 is 0 Å². The molecule has 2 amide bonds. The molecule has 5 nitrogen and oxygen atoms in total. The Balaban J connectivity index is 1.66. The summed E-state index contributed by atoms with van der Waals surface area (Å²) in [5.74, 6) is 0.160. The standard InChI is InChI=1S/C22H19N3O2S/c1-13-8-17(9-15-6-4-3-5-7-15)28-20(13)11-19-18-10-16(24-14(2)26)12-23-21(18)25-22(19)27/h3-8,10-12H,9H2,1-2H3,(H,24,26)(H,23,25,27). The smallest absolute Gasteiger partial charge is 0.257 e. The number of aryl methyl sites for hydroxylation is 1. The molecule has 1 aromatic carbocycles. The molecule has 6 heteroatoms. The van der Waals surface area contributed by atoms with Gasteiger partial charge >= 0.3 is 0 Å². The van der Waals surface area contributed by atoms with E-state index in [0.29, 0.717) is 22.6 Å². The lowest BCUT2D eigenvalue weighted by molar-refractivity contribution is -0.114. The van der Waals surface area contributed by atoms with Gasteiger partial charge in [0.2, 0.25) is 5.91 Å². The molecular weight excluding hydrogens is 370 g/mol. The second kappa shape index (κ2) is 7.40. The Hall–Kier alpha value is -3.25. The zero-order chi connectivity index (χ0) is 19.7. The topological polar surface area (TPSA) is 71.1 Å². The van der Waals surface area contributed by atoms with Crippen LogP contribution in [0.4, 0.5) is 11.5 Å². The van der Waals surface area contributed by atoms with Crippen LogP contribution in [-0.4, -0.2) is 16.8 Å². The van der Waals surface area contributed by atoms with Crippen molar-refractivity contribution in [1.29, 1.82) is 0 Å². The maximum absolute atomic E-state index is 12.5. The summed E-state index contributed by atoms with van der Waals surface area (Å²) in [7, 11) is 0. The molecule has 3 heterocycles. The van der Waals surface area contributed by atoms with Gasteiger partial charge in [0, 0.05) is 28.7 Å². The Morgan fingerprint density at radius 3 is 2.79 bits per heavy atom. The molecule has 0 radical (unpaired) electrons. The van der Waals surface area contributed by atoms with Crippen LogP contribution < -0.4 is 10.6 Å². The van der Waals surface area contributed by atoms with Gasteiger partial charge in [-0.05, 0) is 36.3 Å². The number of pyridine rings is 1. The second-order valence-electron chi connectivity index (χ2n) is 6.74. The molecular formula is C22H19N3O2S. The molecule has 1 aliphatic heterocycles. The SMILES string of the molecule is CC(=O)Nc1cnc2c(c1)C(=Cc1sc(Cc3ccccc3)cc1C)C(=O)N2. The number of hydrogen-bond acceptors (Lipinski definition) is 4. The van der Waals surface area contributed by atoms with Crippen molar-refractivity contribution < 1.29 is 9.59 Å². The van der Waals surface area contributed by atoms with Crippen molar-refractivity contribution in [2.24, 2.45) is 0 Å². The van der Waals surface area contributed by atoms with E-state index in [1.165, 1.54) is 23.6 Å². The molecule has 140 valence electrons. The van der Waals surface area contributed by atoms with E-state index in [4.69, 9.17) is 0 Å². The number of thiophene rings is 1. The predicted molar refractivity (Wildman–Crippen MR) is 113 cm³/mol. The third-order valence-electron chi connectivity index (χ3n) is 4.48. The normalized spacial score (nSPS) is 14.1. The highest BCUT2D eigenvalue weighted by Crippen LogP contribution is 2.35. The average Bonchev–Trinajstić information content (AvgIpc) is 3.15. The van der Waals surface area contributed by atoms with Gasteiger partial charge in [-0.15, -0.1) is 11.3 Å². The van der Waals surface area contributed by atoms with Crippen LogP contribution in [0.5, 0.6) is 0 Å². The number of amides is 2. The summed E-state index contributed by atoms with van der Waals surface area (Å²) in [6.07, 6.45) is 4.32. The Morgan fingerprint density at radius 2 is 2.04 bits per heavy atom. The molecule has 0 unspecified atom stereocenters. The lowest BCUT2D eigenvalue weighted by Crippen LogP contribution is -2.06. The van der Waals surface area contributed by atoms with Gasteiger partial charge < -0.3 is 10.6 Å². The van der Waals surface area contributed by atoms with Crippen LogP contribution in [-0.2, 0) is 16.0 Å². The Bertz CT molecular complexity index is 1100. The van der Waals surface area contributed by atoms with Gasteiger partial charge in [-0.25, -0.2) is 4.98 Å². The highest BCUT2D eigenvalue weighted by molar-refractivity contribution is 7.13. The van der Waals surface area contributed by atoms with E-state index < -0.39 is 0 Å². The number of nitrogens with zero attached hydrogens (tertiary/aromatic N) is 1. The fraction of sp³-hybridized carbons (Fsp3) is 0.136. The average molecular weight is 389 g/mol. The third kappa shape index (κ3) is 3.73. The van der Waals surface area contributed by atoms with E-state index in [0.717, 1.165) is 16.9 Å². The van der Waals surface area contributed by atoms with Crippen LogP contribution in [0.3, 0.4) is 0 Å². The first-order valence-electron chi connectivity index (χ1n) is 8.94. The largest absolute Gasteiger partial charge is 0.325 e. The molecule has 0 atom stereocenters. The van der Waals surface area contributed by atoms with Crippen LogP contribution in [0, 0.1) is 6.92 Å². The quantitative estimate of drug-likeness (QED) is 0.646. The zero-order valence-electron chi connectivity index (χ0n) is 15.6. The Morgan fingerprint density at radius 1 is 1.25 bits per heavy atom. The molecule has 0 saturated carbocycles. The maximum Gasteiger partial charge on any atom is 0.257 e. The number of hydrogen-bond donors (Lipinski definition) is 2. The molecule has 3 aromatic rings. The summed E-state index contributed by atoms with van der Waals surface area (Å²) >= 11 is 1.69. The minimum absolute atomic E-state index is 0.177. The van der Waals surface area contributed by atoms with Crippen molar-refractivity contribution in [2.75, 3.05) is 10.6 Å². The molecule has 0 fully saturated rings. The summed E-state index contributed by atoms with van der Waals surface area (Å²) < 4.78 is 0. The number of carbonyl (C=O) groups is 2. The lowest BCUT2D eigenvalue weighted by Gasteiger charge is -2.04. The van der Waals surface area contributed by atoms with Crippen molar-refractivity contribution in [3.8, 4) is 0 Å². The van der Waals surface area contributed by atoms with Crippen LogP contribution in [0.2, 0.25) is 0 Å². The molecule has 0 bridgehead atoms. The molecule has 2 N–H and O–H groups in total. The summed E-state index contributed by atoms with van der Waals surface area (Å²) in [6.45, 7) is 3.49. The summed E-state index contributed by atoms with van der Waals surface area (Å²) in [5.41, 5.74) is 4.23. The first-order chi connectivity index (χ1) is 13.5. The highest BCUT2D eigenvalue weighted by atomic mass is 32.1. The van der Waals surface area contributed by atoms with Crippen LogP contribution in [0.25, 0.3) is 11.6 Å². The number of rotatable bonds is 4. The number of fused-ring (bicyclic) bond motifs is 1. The maximum atomic E-state index is 12.5. The van der Waals surface area contributed by atoms with Gasteiger partial charge in [0.15, 0.2) is 0 Å². The zero-order valence-corrected chi connectivity index (χ0v) is 16.4. The Kier molecular flexibility index (Phi) is 4.79. The summed E-state index contributed by atoms with van der Waals surface area (Å²) in [5, 5.41) is 5.50. The fourth-order valence-electron chi connectivity index (χ4n) is 3.20. The molecule has 4 rings (SSSR count). The highest BCUT2D eigenvalue weighted by Gasteiger charge is 2.26. The molecule has 28 heavy (non-hydrogen) atoms. The number of aromatic nitrogens is 1. The van der Waals surface area contributed by atoms with E-state index in [1.807, 2.05) is 24.3 Å². The van der Waals surface area contributed by atoms with Gasteiger partial charge in [0.25, 0.3) is 5.91 Å². The summed E-state index contributed by atoms with van der Waals surface area (Å²) in [4.78, 5) is 30.3. The number of nitrogens with one attached hydrogen (secondary N) is 2. The lowest BCUT2D eigenvalue weighted by atomic mass is 10.1. The minimum atomic E-state index is -0.181. The van der Waals surface area contributed by atoms with Crippen LogP contribution in [0.15, 0.2) is 48.7 Å². The van der Waals surface area contributed by atoms with E-state index in [1.54, 1.807) is 17.4 Å². The van der Waals surface area contributed by atoms with Crippen molar-refractivity contribution in [3.63, 3.8) is 0 Å². The van der Waals surface area contributed by atoms with Crippen molar-refractivity contribution in [3.05, 3.63) is 75.1 Å². The van der Waals surface area contributed by atoms with Crippen LogP contribution in [0.1, 0.15) is 33.4 Å². The number of anilines is 2. The van der Waals surface area contributed by atoms with Crippen molar-refractivity contribution >= 4 is 46.3 Å².